The molecular weight excluding hydrogens is 428 g/mol. The van der Waals surface area contributed by atoms with E-state index < -0.39 is 5.97 Å². The first-order valence-corrected chi connectivity index (χ1v) is 10.7. The van der Waals surface area contributed by atoms with Crippen LogP contribution in [0.3, 0.4) is 0 Å². The predicted molar refractivity (Wildman–Crippen MR) is 136 cm³/mol. The lowest BCUT2D eigenvalue weighted by Gasteiger charge is -2.12. The largest absolute Gasteiger partial charge is 0.497 e. The van der Waals surface area contributed by atoms with Crippen LogP contribution in [0, 0.1) is 0 Å². The van der Waals surface area contributed by atoms with Crippen molar-refractivity contribution < 1.29 is 23.7 Å². The lowest BCUT2D eigenvalue weighted by Crippen LogP contribution is -2.05. The molecule has 5 heteroatoms. The van der Waals surface area contributed by atoms with Crippen LogP contribution in [0.25, 0.3) is 18.2 Å². The molecular formula is C29H28O5. The first-order chi connectivity index (χ1) is 16.6. The molecule has 0 bridgehead atoms. The van der Waals surface area contributed by atoms with Crippen LogP contribution < -0.4 is 18.9 Å². The lowest BCUT2D eigenvalue weighted by atomic mass is 10.0. The number of hydrogen-bond donors (Lipinski definition) is 0. The average molecular weight is 457 g/mol. The van der Waals surface area contributed by atoms with E-state index in [1.54, 1.807) is 38.5 Å². The summed E-state index contributed by atoms with van der Waals surface area (Å²) in [5.41, 5.74) is 3.61. The Morgan fingerprint density at radius 1 is 0.824 bits per heavy atom. The summed E-state index contributed by atoms with van der Waals surface area (Å²) in [6, 6.07) is 19.0. The number of ether oxygens (including phenoxy) is 4. The Bertz CT molecular complexity index is 1190. The predicted octanol–water partition coefficient (Wildman–Crippen LogP) is 6.23. The fourth-order valence-electron chi connectivity index (χ4n) is 3.36. The third-order valence-electron chi connectivity index (χ3n) is 5.06. The zero-order valence-corrected chi connectivity index (χ0v) is 19.6. The Hall–Kier alpha value is -4.25. The molecule has 3 aromatic rings. The van der Waals surface area contributed by atoms with E-state index in [-0.39, 0.29) is 0 Å². The van der Waals surface area contributed by atoms with Gasteiger partial charge in [0.05, 0.1) is 21.3 Å². The van der Waals surface area contributed by atoms with E-state index in [2.05, 4.69) is 6.58 Å². The minimum Gasteiger partial charge on any atom is -0.497 e. The van der Waals surface area contributed by atoms with Gasteiger partial charge < -0.3 is 18.9 Å². The topological polar surface area (TPSA) is 54.0 Å². The summed E-state index contributed by atoms with van der Waals surface area (Å²) in [4.78, 5) is 12.6. The third-order valence-corrected chi connectivity index (χ3v) is 5.06. The number of carbonyl (C=O) groups excluding carboxylic acids is 1. The van der Waals surface area contributed by atoms with Gasteiger partial charge in [-0.1, -0.05) is 54.6 Å². The van der Waals surface area contributed by atoms with Crippen molar-refractivity contribution in [3.8, 4) is 23.0 Å². The highest BCUT2D eigenvalue weighted by Crippen LogP contribution is 2.32. The second-order valence-electron chi connectivity index (χ2n) is 7.31. The van der Waals surface area contributed by atoms with Crippen molar-refractivity contribution in [2.45, 2.75) is 6.42 Å². The van der Waals surface area contributed by atoms with Gasteiger partial charge in [-0.15, -0.1) is 6.58 Å². The van der Waals surface area contributed by atoms with E-state index in [0.29, 0.717) is 29.4 Å². The fourth-order valence-corrected chi connectivity index (χ4v) is 3.36. The molecule has 0 heterocycles. The molecule has 0 saturated heterocycles. The number of methoxy groups -OCH3 is 3. The summed E-state index contributed by atoms with van der Waals surface area (Å²) in [5, 5.41) is 0. The maximum Gasteiger partial charge on any atom is 0.336 e. The Balaban J connectivity index is 1.88. The number of esters is 1. The number of carbonyl (C=O) groups is 1. The number of hydrogen-bond acceptors (Lipinski definition) is 5. The molecule has 34 heavy (non-hydrogen) atoms. The van der Waals surface area contributed by atoms with Gasteiger partial charge in [0.2, 0.25) is 0 Å². The highest BCUT2D eigenvalue weighted by molar-refractivity contribution is 5.91. The molecule has 0 spiro atoms. The SMILES string of the molecule is C=CCc1ccc(OC(=O)/C=C/c2c(/C=C/c3ccccc3)cc(OC)cc2OC)c(OC)c1. The van der Waals surface area contributed by atoms with Crippen LogP contribution in [0.4, 0.5) is 0 Å². The molecule has 3 aromatic carbocycles. The van der Waals surface area contributed by atoms with E-state index in [4.69, 9.17) is 18.9 Å². The third kappa shape index (κ3) is 6.39. The highest BCUT2D eigenvalue weighted by Gasteiger charge is 2.12. The molecule has 0 fully saturated rings. The van der Waals surface area contributed by atoms with Gasteiger partial charge in [0.15, 0.2) is 11.5 Å². The average Bonchev–Trinajstić information content (AvgIpc) is 2.87. The van der Waals surface area contributed by atoms with E-state index in [1.807, 2.05) is 60.7 Å². The monoisotopic (exact) mass is 456 g/mol. The normalized spacial score (nSPS) is 10.9. The van der Waals surface area contributed by atoms with Gasteiger partial charge in [0.1, 0.15) is 11.5 Å². The zero-order chi connectivity index (χ0) is 24.3. The number of rotatable bonds is 10. The zero-order valence-electron chi connectivity index (χ0n) is 19.6. The maximum atomic E-state index is 12.6. The second kappa shape index (κ2) is 12.1. The maximum absolute atomic E-state index is 12.6. The number of allylic oxidation sites excluding steroid dienone is 1. The van der Waals surface area contributed by atoms with Crippen molar-refractivity contribution in [3.63, 3.8) is 0 Å². The van der Waals surface area contributed by atoms with Gasteiger partial charge in [-0.3, -0.25) is 0 Å². The van der Waals surface area contributed by atoms with Crippen LogP contribution >= 0.6 is 0 Å². The van der Waals surface area contributed by atoms with Crippen LogP contribution in [0.1, 0.15) is 22.3 Å². The lowest BCUT2D eigenvalue weighted by molar-refractivity contribution is -0.129. The first kappa shape index (κ1) is 24.4. The molecule has 174 valence electrons. The Kier molecular flexibility index (Phi) is 8.69. The summed E-state index contributed by atoms with van der Waals surface area (Å²) in [6.07, 6.45) is 9.47. The van der Waals surface area contributed by atoms with Crippen LogP contribution in [0.5, 0.6) is 23.0 Å². The smallest absolute Gasteiger partial charge is 0.336 e. The van der Waals surface area contributed by atoms with Crippen molar-refractivity contribution >= 4 is 24.2 Å². The molecule has 0 aliphatic rings. The molecule has 0 radical (unpaired) electrons. The van der Waals surface area contributed by atoms with Crippen molar-refractivity contribution in [3.05, 3.63) is 102 Å². The van der Waals surface area contributed by atoms with Crippen LogP contribution in [-0.2, 0) is 11.2 Å². The van der Waals surface area contributed by atoms with Crippen molar-refractivity contribution in [2.75, 3.05) is 21.3 Å². The molecule has 0 atom stereocenters. The molecule has 0 N–H and O–H groups in total. The van der Waals surface area contributed by atoms with Gasteiger partial charge in [0.25, 0.3) is 0 Å². The molecule has 0 aliphatic carbocycles. The van der Waals surface area contributed by atoms with Crippen molar-refractivity contribution in [1.82, 2.24) is 0 Å². The molecule has 0 unspecified atom stereocenters. The van der Waals surface area contributed by atoms with Gasteiger partial charge in [-0.05, 0) is 47.4 Å². The quantitative estimate of drug-likeness (QED) is 0.119. The summed E-state index contributed by atoms with van der Waals surface area (Å²) in [6.45, 7) is 3.74. The van der Waals surface area contributed by atoms with E-state index >= 15 is 0 Å². The fraction of sp³-hybridized carbons (Fsp3) is 0.138. The summed E-state index contributed by atoms with van der Waals surface area (Å²) < 4.78 is 21.9. The van der Waals surface area contributed by atoms with Gasteiger partial charge in [-0.2, -0.15) is 0 Å². The minimum absolute atomic E-state index is 0.343. The van der Waals surface area contributed by atoms with Crippen LogP contribution in [-0.4, -0.2) is 27.3 Å². The molecule has 0 aliphatic heterocycles. The van der Waals surface area contributed by atoms with E-state index in [9.17, 15) is 4.79 Å². The van der Waals surface area contributed by atoms with Crippen LogP contribution in [0.2, 0.25) is 0 Å². The standard InChI is InChI=1S/C29H28O5/c1-5-9-22-13-16-26(28(18-22)33-4)34-29(30)17-15-25-23(14-12-21-10-7-6-8-11-21)19-24(31-2)20-27(25)32-3/h5-8,10-20H,1,9H2,2-4H3/b14-12+,17-15+. The Labute approximate surface area is 200 Å². The summed E-state index contributed by atoms with van der Waals surface area (Å²) in [5.74, 6) is 1.51. The van der Waals surface area contributed by atoms with Gasteiger partial charge >= 0.3 is 5.97 Å². The highest BCUT2D eigenvalue weighted by atomic mass is 16.6. The first-order valence-electron chi connectivity index (χ1n) is 10.7. The number of benzene rings is 3. The molecule has 3 rings (SSSR count). The van der Waals surface area contributed by atoms with Crippen molar-refractivity contribution in [1.29, 1.82) is 0 Å². The molecule has 0 saturated carbocycles. The Morgan fingerprint density at radius 3 is 2.26 bits per heavy atom. The molecule has 5 nitrogen and oxygen atoms in total. The van der Waals surface area contributed by atoms with Crippen LogP contribution in [0.15, 0.2) is 79.4 Å². The minimum atomic E-state index is -0.536. The molecule has 0 aromatic heterocycles. The van der Waals surface area contributed by atoms with Crippen molar-refractivity contribution in [2.24, 2.45) is 0 Å². The van der Waals surface area contributed by atoms with Gasteiger partial charge in [0, 0.05) is 17.7 Å². The summed E-state index contributed by atoms with van der Waals surface area (Å²) in [7, 11) is 4.71. The summed E-state index contributed by atoms with van der Waals surface area (Å²) >= 11 is 0. The molecule has 0 amide bonds. The van der Waals surface area contributed by atoms with Gasteiger partial charge in [-0.25, -0.2) is 4.79 Å². The van der Waals surface area contributed by atoms with E-state index in [1.165, 1.54) is 13.2 Å². The second-order valence-corrected chi connectivity index (χ2v) is 7.31. The van der Waals surface area contributed by atoms with E-state index in [0.717, 1.165) is 22.3 Å². The Morgan fingerprint density at radius 2 is 1.59 bits per heavy atom.